The highest BCUT2D eigenvalue weighted by molar-refractivity contribution is 7.89. The van der Waals surface area contributed by atoms with E-state index in [9.17, 15) is 26.0 Å². The van der Waals surface area contributed by atoms with E-state index in [1.807, 2.05) is 0 Å². The molecule has 0 spiro atoms. The number of rotatable bonds is 5. The smallest absolute Gasteiger partial charge is 0.350 e. The van der Waals surface area contributed by atoms with Gasteiger partial charge in [-0.3, -0.25) is 4.98 Å². The summed E-state index contributed by atoms with van der Waals surface area (Å²) in [6.07, 6.45) is 2.90. The van der Waals surface area contributed by atoms with Crippen LogP contribution in [-0.4, -0.2) is 52.6 Å². The molecule has 2 aromatic heterocycles. The molecule has 1 N–H and O–H groups in total. The Hall–Kier alpha value is -2.86. The van der Waals surface area contributed by atoms with Gasteiger partial charge in [-0.15, -0.1) is 0 Å². The van der Waals surface area contributed by atoms with Crippen LogP contribution in [0, 0.1) is 11.6 Å². The third kappa shape index (κ3) is 4.30. The summed E-state index contributed by atoms with van der Waals surface area (Å²) in [6, 6.07) is 5.69. The molecule has 1 fully saturated rings. The number of alkyl halides is 2. The van der Waals surface area contributed by atoms with Crippen LogP contribution >= 0.6 is 0 Å². The lowest BCUT2D eigenvalue weighted by Gasteiger charge is -2.31. The summed E-state index contributed by atoms with van der Waals surface area (Å²) >= 11 is 0. The zero-order valence-corrected chi connectivity index (χ0v) is 16.8. The largest absolute Gasteiger partial charge is 0.351 e. The van der Waals surface area contributed by atoms with Crippen LogP contribution in [-0.2, 0) is 10.0 Å². The van der Waals surface area contributed by atoms with E-state index in [0.717, 1.165) is 16.6 Å². The lowest BCUT2D eigenvalue weighted by Crippen LogP contribution is -2.44. The standard InChI is InChI=1S/C19H17F4N5O2S/c20-14-9-12(8-11-2-1-5-24-16(11)14)17-15(21)10-25-19(27-17)26-13-3-6-28(7-4-13)31(29,30)18(22)23/h1-2,5,8-10,13,18H,3-4,6-7H2,(H,25,26,27). The van der Waals surface area contributed by atoms with Gasteiger partial charge < -0.3 is 5.32 Å². The van der Waals surface area contributed by atoms with Crippen molar-refractivity contribution in [3.8, 4) is 11.3 Å². The van der Waals surface area contributed by atoms with Crippen molar-refractivity contribution >= 4 is 26.9 Å². The Bertz CT molecular complexity index is 1220. The average Bonchev–Trinajstić information content (AvgIpc) is 2.75. The molecule has 0 aliphatic carbocycles. The molecule has 4 rings (SSSR count). The first kappa shape index (κ1) is 21.4. The third-order valence-corrected chi connectivity index (χ3v) is 6.58. The molecule has 3 aromatic rings. The molecule has 0 amide bonds. The van der Waals surface area contributed by atoms with Gasteiger partial charge >= 0.3 is 5.76 Å². The maximum absolute atomic E-state index is 14.4. The summed E-state index contributed by atoms with van der Waals surface area (Å²) in [4.78, 5) is 12.0. The molecular weight excluding hydrogens is 438 g/mol. The third-order valence-electron chi connectivity index (χ3n) is 5.05. The predicted molar refractivity (Wildman–Crippen MR) is 106 cm³/mol. The molecule has 1 aliphatic heterocycles. The van der Waals surface area contributed by atoms with E-state index in [4.69, 9.17) is 0 Å². The van der Waals surface area contributed by atoms with Gasteiger partial charge in [-0.2, -0.15) is 13.1 Å². The molecule has 3 heterocycles. The summed E-state index contributed by atoms with van der Waals surface area (Å²) in [7, 11) is -4.62. The zero-order chi connectivity index (χ0) is 22.2. The van der Waals surface area contributed by atoms with Crippen molar-refractivity contribution in [2.24, 2.45) is 0 Å². The number of hydrogen-bond acceptors (Lipinski definition) is 6. The van der Waals surface area contributed by atoms with Crippen molar-refractivity contribution in [1.29, 1.82) is 0 Å². The van der Waals surface area contributed by atoms with Crippen LogP contribution in [0.2, 0.25) is 0 Å². The number of piperidine rings is 1. The first-order valence-corrected chi connectivity index (χ1v) is 10.9. The molecule has 1 saturated heterocycles. The summed E-state index contributed by atoms with van der Waals surface area (Å²) in [5, 5.41) is 3.45. The second-order valence-corrected chi connectivity index (χ2v) is 8.95. The van der Waals surface area contributed by atoms with E-state index in [0.29, 0.717) is 5.39 Å². The van der Waals surface area contributed by atoms with E-state index in [1.54, 1.807) is 18.2 Å². The summed E-state index contributed by atoms with van der Waals surface area (Å²) in [6.45, 7) is -0.164. The molecular formula is C19H17F4N5O2S. The number of halogens is 4. The van der Waals surface area contributed by atoms with Crippen LogP contribution in [0.5, 0.6) is 0 Å². The normalized spacial score (nSPS) is 16.2. The molecule has 12 heteroatoms. The molecule has 1 aliphatic rings. The van der Waals surface area contributed by atoms with Gasteiger partial charge in [-0.05, 0) is 31.0 Å². The Morgan fingerprint density at radius 3 is 2.55 bits per heavy atom. The second-order valence-electron chi connectivity index (χ2n) is 7.05. The predicted octanol–water partition coefficient (Wildman–Crippen LogP) is 3.40. The molecule has 7 nitrogen and oxygen atoms in total. The van der Waals surface area contributed by atoms with Crippen molar-refractivity contribution in [3.05, 3.63) is 48.3 Å². The molecule has 31 heavy (non-hydrogen) atoms. The highest BCUT2D eigenvalue weighted by Crippen LogP contribution is 2.27. The van der Waals surface area contributed by atoms with Crippen LogP contribution in [0.4, 0.5) is 23.5 Å². The molecule has 0 radical (unpaired) electrons. The number of aromatic nitrogens is 3. The zero-order valence-electron chi connectivity index (χ0n) is 16.0. The number of nitrogens with zero attached hydrogens (tertiary/aromatic N) is 4. The van der Waals surface area contributed by atoms with Gasteiger partial charge in [0, 0.05) is 36.3 Å². The summed E-state index contributed by atoms with van der Waals surface area (Å²) in [5.41, 5.74) is 0.253. The maximum atomic E-state index is 14.4. The fraction of sp³-hybridized carbons (Fsp3) is 0.316. The van der Waals surface area contributed by atoms with Gasteiger partial charge in [0.05, 0.1) is 6.20 Å². The first-order valence-electron chi connectivity index (χ1n) is 9.36. The lowest BCUT2D eigenvalue weighted by atomic mass is 10.1. The van der Waals surface area contributed by atoms with Crippen molar-refractivity contribution in [3.63, 3.8) is 0 Å². The summed E-state index contributed by atoms with van der Waals surface area (Å²) < 4.78 is 78.0. The van der Waals surface area contributed by atoms with Gasteiger partial charge in [0.1, 0.15) is 17.0 Å². The summed E-state index contributed by atoms with van der Waals surface area (Å²) in [5.74, 6) is -4.75. The Morgan fingerprint density at radius 2 is 1.84 bits per heavy atom. The second kappa shape index (κ2) is 8.35. The molecule has 1 aromatic carbocycles. The minimum atomic E-state index is -4.62. The SMILES string of the molecule is O=S(=O)(C(F)F)N1CCC(Nc2ncc(F)c(-c3cc(F)c4ncccc4c3)n2)CC1. The Morgan fingerprint density at radius 1 is 1.10 bits per heavy atom. The molecule has 0 saturated carbocycles. The van der Waals surface area contributed by atoms with Gasteiger partial charge in [-0.25, -0.2) is 27.2 Å². The van der Waals surface area contributed by atoms with Crippen LogP contribution in [0.1, 0.15) is 12.8 Å². The molecule has 164 valence electrons. The Labute approximate surface area is 175 Å². The fourth-order valence-corrected chi connectivity index (χ4v) is 4.42. The number of benzene rings is 1. The quantitative estimate of drug-likeness (QED) is 0.594. The molecule has 0 atom stereocenters. The van der Waals surface area contributed by atoms with E-state index in [1.165, 1.54) is 6.20 Å². The number of pyridine rings is 1. The highest BCUT2D eigenvalue weighted by Gasteiger charge is 2.34. The number of hydrogen-bond donors (Lipinski definition) is 1. The molecule has 0 bridgehead atoms. The van der Waals surface area contributed by atoms with Crippen LogP contribution in [0.3, 0.4) is 0 Å². The van der Waals surface area contributed by atoms with Crippen molar-refractivity contribution in [2.45, 2.75) is 24.6 Å². The number of nitrogens with one attached hydrogen (secondary N) is 1. The topological polar surface area (TPSA) is 88.1 Å². The van der Waals surface area contributed by atoms with Gasteiger partial charge in [-0.1, -0.05) is 6.07 Å². The van der Waals surface area contributed by atoms with Gasteiger partial charge in [0.15, 0.2) is 5.82 Å². The Balaban J connectivity index is 1.53. The monoisotopic (exact) mass is 455 g/mol. The van der Waals surface area contributed by atoms with E-state index < -0.39 is 27.4 Å². The molecule has 0 unspecified atom stereocenters. The van der Waals surface area contributed by atoms with Crippen LogP contribution in [0.15, 0.2) is 36.7 Å². The van der Waals surface area contributed by atoms with Crippen molar-refractivity contribution < 1.29 is 26.0 Å². The van der Waals surface area contributed by atoms with E-state index in [-0.39, 0.29) is 54.7 Å². The average molecular weight is 455 g/mol. The first-order chi connectivity index (χ1) is 14.8. The van der Waals surface area contributed by atoms with Crippen molar-refractivity contribution in [1.82, 2.24) is 19.3 Å². The minimum Gasteiger partial charge on any atom is -0.351 e. The fourth-order valence-electron chi connectivity index (χ4n) is 3.47. The van der Waals surface area contributed by atoms with Gasteiger partial charge in [0.25, 0.3) is 10.0 Å². The minimum absolute atomic E-state index is 0.0678. The van der Waals surface area contributed by atoms with E-state index in [2.05, 4.69) is 20.3 Å². The van der Waals surface area contributed by atoms with E-state index >= 15 is 0 Å². The number of anilines is 1. The number of sulfonamides is 1. The highest BCUT2D eigenvalue weighted by atomic mass is 32.2. The van der Waals surface area contributed by atoms with Gasteiger partial charge in [0.2, 0.25) is 5.95 Å². The van der Waals surface area contributed by atoms with Crippen LogP contribution < -0.4 is 5.32 Å². The maximum Gasteiger partial charge on any atom is 0.350 e. The van der Waals surface area contributed by atoms with Crippen LogP contribution in [0.25, 0.3) is 22.2 Å². The number of fused-ring (bicyclic) bond motifs is 1. The Kier molecular flexibility index (Phi) is 5.75. The lowest BCUT2D eigenvalue weighted by molar-refractivity contribution is 0.212. The van der Waals surface area contributed by atoms with Crippen molar-refractivity contribution in [2.75, 3.05) is 18.4 Å².